The molecule has 0 amide bonds. The van der Waals surface area contributed by atoms with E-state index in [2.05, 4.69) is 22.4 Å². The van der Waals surface area contributed by atoms with Crippen molar-refractivity contribution >= 4 is 5.69 Å². The molecule has 98 valence electrons. The Morgan fingerprint density at radius 1 is 1.44 bits per heavy atom. The fraction of sp³-hybridized carbons (Fsp3) is 0.500. The van der Waals surface area contributed by atoms with Crippen molar-refractivity contribution in [2.24, 2.45) is 0 Å². The fourth-order valence-electron chi connectivity index (χ4n) is 1.87. The zero-order valence-corrected chi connectivity index (χ0v) is 10.7. The number of aryl methyl sites for hydroxylation is 3. The largest absolute Gasteiger partial charge is 0.377 e. The molecule has 2 aromatic rings. The Balaban J connectivity index is 2.01. The first-order valence-electron chi connectivity index (χ1n) is 6.09. The van der Waals surface area contributed by atoms with Crippen LogP contribution in [0.15, 0.2) is 18.5 Å². The van der Waals surface area contributed by atoms with Gasteiger partial charge in [0.15, 0.2) is 0 Å². The second-order valence-corrected chi connectivity index (χ2v) is 4.07. The molecule has 0 saturated carbocycles. The number of halogens is 1. The van der Waals surface area contributed by atoms with Gasteiger partial charge in [-0.2, -0.15) is 10.2 Å². The van der Waals surface area contributed by atoms with Crippen LogP contribution in [0.2, 0.25) is 0 Å². The van der Waals surface area contributed by atoms with Gasteiger partial charge in [0.05, 0.1) is 30.2 Å². The van der Waals surface area contributed by atoms with E-state index in [1.807, 2.05) is 23.9 Å². The van der Waals surface area contributed by atoms with Gasteiger partial charge in [-0.25, -0.2) is 4.39 Å². The van der Waals surface area contributed by atoms with E-state index in [4.69, 9.17) is 0 Å². The smallest absolute Gasteiger partial charge is 0.109 e. The monoisotopic (exact) mass is 251 g/mol. The molecule has 18 heavy (non-hydrogen) atoms. The van der Waals surface area contributed by atoms with Crippen molar-refractivity contribution < 1.29 is 4.39 Å². The Morgan fingerprint density at radius 2 is 2.28 bits per heavy atom. The highest BCUT2D eigenvalue weighted by Gasteiger charge is 2.06. The summed E-state index contributed by atoms with van der Waals surface area (Å²) < 4.78 is 15.8. The van der Waals surface area contributed by atoms with Gasteiger partial charge in [0, 0.05) is 18.9 Å². The molecule has 0 atom stereocenters. The molecule has 0 fully saturated rings. The minimum atomic E-state index is -0.400. The third-order valence-corrected chi connectivity index (χ3v) is 2.82. The SMILES string of the molecule is CCn1nccc1CNc1cn(CCF)nc1C. The van der Waals surface area contributed by atoms with Gasteiger partial charge in [-0.1, -0.05) is 0 Å². The summed E-state index contributed by atoms with van der Waals surface area (Å²) in [6.07, 6.45) is 3.63. The summed E-state index contributed by atoms with van der Waals surface area (Å²) in [4.78, 5) is 0. The lowest BCUT2D eigenvalue weighted by molar-refractivity contribution is 0.426. The van der Waals surface area contributed by atoms with E-state index in [0.717, 1.165) is 23.6 Å². The van der Waals surface area contributed by atoms with Crippen molar-refractivity contribution in [2.75, 3.05) is 12.0 Å². The third kappa shape index (κ3) is 2.69. The van der Waals surface area contributed by atoms with Crippen LogP contribution in [0.3, 0.4) is 0 Å². The van der Waals surface area contributed by atoms with E-state index in [0.29, 0.717) is 13.1 Å². The van der Waals surface area contributed by atoms with Crippen LogP contribution in [0.4, 0.5) is 10.1 Å². The van der Waals surface area contributed by atoms with E-state index in [1.165, 1.54) is 0 Å². The predicted octanol–water partition coefficient (Wildman–Crippen LogP) is 1.99. The average molecular weight is 251 g/mol. The van der Waals surface area contributed by atoms with Gasteiger partial charge < -0.3 is 5.32 Å². The van der Waals surface area contributed by atoms with Crippen LogP contribution in [0.5, 0.6) is 0 Å². The van der Waals surface area contributed by atoms with Gasteiger partial charge in [0.2, 0.25) is 0 Å². The van der Waals surface area contributed by atoms with Gasteiger partial charge in [0.25, 0.3) is 0 Å². The molecule has 0 aliphatic rings. The Kier molecular flexibility index (Phi) is 3.96. The second-order valence-electron chi connectivity index (χ2n) is 4.07. The second kappa shape index (κ2) is 5.66. The zero-order valence-electron chi connectivity index (χ0n) is 10.7. The highest BCUT2D eigenvalue weighted by molar-refractivity contribution is 5.45. The molecule has 2 heterocycles. The summed E-state index contributed by atoms with van der Waals surface area (Å²) in [6.45, 7) is 5.41. The van der Waals surface area contributed by atoms with E-state index in [9.17, 15) is 4.39 Å². The third-order valence-electron chi connectivity index (χ3n) is 2.82. The molecular formula is C12H18FN5. The van der Waals surface area contributed by atoms with Crippen LogP contribution in [-0.2, 0) is 19.6 Å². The molecule has 0 radical (unpaired) electrons. The maximum absolute atomic E-state index is 12.2. The number of rotatable bonds is 6. The van der Waals surface area contributed by atoms with Gasteiger partial charge >= 0.3 is 0 Å². The quantitative estimate of drug-likeness (QED) is 0.854. The summed E-state index contributed by atoms with van der Waals surface area (Å²) in [5.74, 6) is 0. The fourth-order valence-corrected chi connectivity index (χ4v) is 1.87. The lowest BCUT2D eigenvalue weighted by atomic mass is 10.3. The standard InChI is InChI=1S/C12H18FN5/c1-3-18-11(4-6-15-18)8-14-12-9-17(7-5-13)16-10(12)2/h4,6,9,14H,3,5,7-8H2,1-2H3. The Labute approximate surface area is 106 Å². The number of nitrogens with zero attached hydrogens (tertiary/aromatic N) is 4. The van der Waals surface area contributed by atoms with Crippen molar-refractivity contribution in [1.82, 2.24) is 19.6 Å². The molecule has 0 aliphatic heterocycles. The maximum atomic E-state index is 12.2. The van der Waals surface area contributed by atoms with Crippen LogP contribution in [0, 0.1) is 6.92 Å². The minimum absolute atomic E-state index is 0.301. The molecule has 0 bridgehead atoms. The van der Waals surface area contributed by atoms with Crippen LogP contribution in [0.25, 0.3) is 0 Å². The molecule has 1 N–H and O–H groups in total. The number of anilines is 1. The van der Waals surface area contributed by atoms with Crippen LogP contribution < -0.4 is 5.32 Å². The van der Waals surface area contributed by atoms with Crippen LogP contribution in [0.1, 0.15) is 18.3 Å². The molecule has 0 unspecified atom stereocenters. The maximum Gasteiger partial charge on any atom is 0.109 e. The first-order chi connectivity index (χ1) is 8.74. The normalized spacial score (nSPS) is 10.8. The lowest BCUT2D eigenvalue weighted by Crippen LogP contribution is -2.07. The summed E-state index contributed by atoms with van der Waals surface area (Å²) in [6, 6.07) is 1.98. The molecule has 6 heteroatoms. The number of alkyl halides is 1. The summed E-state index contributed by atoms with van der Waals surface area (Å²) in [5.41, 5.74) is 2.94. The molecular weight excluding hydrogens is 233 g/mol. The first kappa shape index (κ1) is 12.6. The first-order valence-corrected chi connectivity index (χ1v) is 6.09. The highest BCUT2D eigenvalue weighted by atomic mass is 19.1. The molecule has 2 aromatic heterocycles. The van der Waals surface area contributed by atoms with E-state index in [1.54, 1.807) is 10.9 Å². The molecule has 0 saturated heterocycles. The molecule has 2 rings (SSSR count). The van der Waals surface area contributed by atoms with Gasteiger partial charge in [-0.05, 0) is 19.9 Å². The van der Waals surface area contributed by atoms with Crippen molar-refractivity contribution in [3.8, 4) is 0 Å². The lowest BCUT2D eigenvalue weighted by Gasteiger charge is -2.06. The van der Waals surface area contributed by atoms with Gasteiger partial charge in [-0.3, -0.25) is 9.36 Å². The molecule has 0 aliphatic carbocycles. The minimum Gasteiger partial charge on any atom is -0.377 e. The number of aromatic nitrogens is 4. The van der Waals surface area contributed by atoms with Crippen LogP contribution in [-0.4, -0.2) is 26.2 Å². The Morgan fingerprint density at radius 3 is 3.00 bits per heavy atom. The van der Waals surface area contributed by atoms with E-state index < -0.39 is 6.67 Å². The van der Waals surface area contributed by atoms with Crippen molar-refractivity contribution in [1.29, 1.82) is 0 Å². The topological polar surface area (TPSA) is 47.7 Å². The van der Waals surface area contributed by atoms with Crippen molar-refractivity contribution in [3.05, 3.63) is 29.8 Å². The molecule has 0 spiro atoms. The highest BCUT2D eigenvalue weighted by Crippen LogP contribution is 2.13. The summed E-state index contributed by atoms with van der Waals surface area (Å²) in [7, 11) is 0. The number of hydrogen-bond acceptors (Lipinski definition) is 3. The van der Waals surface area contributed by atoms with Crippen molar-refractivity contribution in [2.45, 2.75) is 33.5 Å². The van der Waals surface area contributed by atoms with Crippen molar-refractivity contribution in [3.63, 3.8) is 0 Å². The molecule has 5 nitrogen and oxygen atoms in total. The number of hydrogen-bond donors (Lipinski definition) is 1. The molecule has 0 aromatic carbocycles. The van der Waals surface area contributed by atoms with Gasteiger partial charge in [-0.15, -0.1) is 0 Å². The van der Waals surface area contributed by atoms with Gasteiger partial charge in [0.1, 0.15) is 6.67 Å². The Bertz CT molecular complexity index is 502. The van der Waals surface area contributed by atoms with Crippen LogP contribution >= 0.6 is 0 Å². The van der Waals surface area contributed by atoms with E-state index >= 15 is 0 Å². The average Bonchev–Trinajstić information content (AvgIpc) is 2.93. The number of nitrogens with one attached hydrogen (secondary N) is 1. The van der Waals surface area contributed by atoms with E-state index in [-0.39, 0.29) is 0 Å². The Hall–Kier alpha value is -1.85. The summed E-state index contributed by atoms with van der Waals surface area (Å²) >= 11 is 0. The summed E-state index contributed by atoms with van der Waals surface area (Å²) in [5, 5.41) is 11.7. The zero-order chi connectivity index (χ0) is 13.0. The predicted molar refractivity (Wildman–Crippen MR) is 68.2 cm³/mol.